The van der Waals surface area contributed by atoms with Gasteiger partial charge in [0.2, 0.25) is 0 Å². The molecule has 0 atom stereocenters. The van der Waals surface area contributed by atoms with Crippen molar-refractivity contribution in [2.24, 2.45) is 0 Å². The Morgan fingerprint density at radius 2 is 2.00 bits per heavy atom. The molecule has 0 aliphatic carbocycles. The van der Waals surface area contributed by atoms with Crippen LogP contribution >= 0.6 is 0 Å². The van der Waals surface area contributed by atoms with Gasteiger partial charge in [0, 0.05) is 18.8 Å². The van der Waals surface area contributed by atoms with Gasteiger partial charge in [0.05, 0.1) is 21.7 Å². The molecule has 0 amide bonds. The van der Waals surface area contributed by atoms with Crippen LogP contribution in [0.1, 0.15) is 15.9 Å². The van der Waals surface area contributed by atoms with Crippen molar-refractivity contribution in [3.05, 3.63) is 63.7 Å². The fourth-order valence-corrected chi connectivity index (χ4v) is 2.01. The number of anilines is 2. The van der Waals surface area contributed by atoms with Gasteiger partial charge in [-0.1, -0.05) is 12.1 Å². The van der Waals surface area contributed by atoms with Gasteiger partial charge < -0.3 is 4.90 Å². The number of nitro benzene ring substituents is 1. The van der Waals surface area contributed by atoms with Crippen molar-refractivity contribution < 1.29 is 9.72 Å². The van der Waals surface area contributed by atoms with Gasteiger partial charge in [-0.2, -0.15) is 5.26 Å². The van der Waals surface area contributed by atoms with Gasteiger partial charge in [-0.05, 0) is 24.3 Å². The molecule has 0 bridgehead atoms. The Hall–Kier alpha value is -3.20. The average Bonchev–Trinajstić information content (AvgIpc) is 2.53. The van der Waals surface area contributed by atoms with Crippen LogP contribution in [0.2, 0.25) is 0 Å². The van der Waals surface area contributed by atoms with E-state index in [4.69, 9.17) is 5.26 Å². The van der Waals surface area contributed by atoms with Crippen LogP contribution in [0, 0.1) is 21.4 Å². The summed E-state index contributed by atoms with van der Waals surface area (Å²) in [5.74, 6) is 0. The number of aldehydes is 1. The Morgan fingerprint density at radius 1 is 1.29 bits per heavy atom. The predicted octanol–water partition coefficient (Wildman–Crippen LogP) is 3.05. The first kappa shape index (κ1) is 14.2. The van der Waals surface area contributed by atoms with Gasteiger partial charge in [0.15, 0.2) is 6.29 Å². The molecule has 2 aromatic carbocycles. The number of nitriles is 1. The van der Waals surface area contributed by atoms with E-state index in [1.54, 1.807) is 42.3 Å². The summed E-state index contributed by atoms with van der Waals surface area (Å²) in [5.41, 5.74) is 1.48. The predicted molar refractivity (Wildman–Crippen MR) is 77.7 cm³/mol. The Kier molecular flexibility index (Phi) is 3.95. The Bertz CT molecular complexity index is 750. The quantitative estimate of drug-likeness (QED) is 0.488. The summed E-state index contributed by atoms with van der Waals surface area (Å²) in [6.45, 7) is 0. The number of para-hydroxylation sites is 1. The molecule has 0 unspecified atom stereocenters. The molecule has 2 aromatic rings. The van der Waals surface area contributed by atoms with E-state index in [0.29, 0.717) is 23.2 Å². The van der Waals surface area contributed by atoms with E-state index in [1.165, 1.54) is 12.1 Å². The maximum atomic E-state index is 11.0. The number of benzene rings is 2. The first-order chi connectivity index (χ1) is 10.1. The molecule has 104 valence electrons. The van der Waals surface area contributed by atoms with Crippen LogP contribution in [0.5, 0.6) is 0 Å². The van der Waals surface area contributed by atoms with Crippen LogP contribution in [-0.2, 0) is 0 Å². The second-order valence-electron chi connectivity index (χ2n) is 4.31. The Labute approximate surface area is 121 Å². The lowest BCUT2D eigenvalue weighted by Crippen LogP contribution is -2.11. The van der Waals surface area contributed by atoms with Crippen molar-refractivity contribution >= 4 is 23.3 Å². The molecule has 0 aliphatic heterocycles. The molecule has 0 aromatic heterocycles. The SMILES string of the molecule is CN(c1ccc([N+](=O)[O-])c(C=O)c1)c1ccccc1C#N. The third-order valence-electron chi connectivity index (χ3n) is 3.11. The second kappa shape index (κ2) is 5.84. The highest BCUT2D eigenvalue weighted by atomic mass is 16.6. The minimum absolute atomic E-state index is 0.00112. The average molecular weight is 281 g/mol. The standard InChI is InChI=1S/C15H11N3O3/c1-17(14-5-3-2-4-11(14)9-16)13-6-7-15(18(20)21)12(8-13)10-19/h2-8,10H,1H3. The van der Waals surface area contributed by atoms with Gasteiger partial charge in [0.25, 0.3) is 5.69 Å². The van der Waals surface area contributed by atoms with Crippen molar-refractivity contribution in [3.63, 3.8) is 0 Å². The van der Waals surface area contributed by atoms with E-state index in [0.717, 1.165) is 0 Å². The molecule has 21 heavy (non-hydrogen) atoms. The summed E-state index contributed by atoms with van der Waals surface area (Å²) in [6.07, 6.45) is 0.450. The summed E-state index contributed by atoms with van der Waals surface area (Å²) in [5, 5.41) is 19.9. The molecule has 0 heterocycles. The molecule has 0 saturated heterocycles. The highest BCUT2D eigenvalue weighted by molar-refractivity contribution is 5.84. The van der Waals surface area contributed by atoms with Crippen molar-refractivity contribution in [2.75, 3.05) is 11.9 Å². The minimum atomic E-state index is -0.600. The number of carbonyl (C=O) groups is 1. The zero-order chi connectivity index (χ0) is 15.4. The van der Waals surface area contributed by atoms with E-state index in [2.05, 4.69) is 6.07 Å². The van der Waals surface area contributed by atoms with Crippen molar-refractivity contribution in [1.29, 1.82) is 5.26 Å². The fourth-order valence-electron chi connectivity index (χ4n) is 2.01. The minimum Gasteiger partial charge on any atom is -0.344 e. The molecule has 2 rings (SSSR count). The lowest BCUT2D eigenvalue weighted by atomic mass is 10.1. The monoisotopic (exact) mass is 281 g/mol. The summed E-state index contributed by atoms with van der Waals surface area (Å²) in [4.78, 5) is 22.9. The molecule has 0 saturated carbocycles. The molecular formula is C15H11N3O3. The van der Waals surface area contributed by atoms with Crippen molar-refractivity contribution in [2.45, 2.75) is 0 Å². The molecule has 6 nitrogen and oxygen atoms in total. The largest absolute Gasteiger partial charge is 0.344 e. The lowest BCUT2D eigenvalue weighted by Gasteiger charge is -2.20. The molecule has 6 heteroatoms. The maximum Gasteiger partial charge on any atom is 0.280 e. The molecule has 0 fully saturated rings. The van der Waals surface area contributed by atoms with E-state index in [1.807, 2.05) is 0 Å². The van der Waals surface area contributed by atoms with Gasteiger partial charge >= 0.3 is 0 Å². The zero-order valence-corrected chi connectivity index (χ0v) is 11.2. The van der Waals surface area contributed by atoms with Crippen LogP contribution in [0.25, 0.3) is 0 Å². The second-order valence-corrected chi connectivity index (χ2v) is 4.31. The molecule has 0 spiro atoms. The Balaban J connectivity index is 2.49. The van der Waals surface area contributed by atoms with Gasteiger partial charge in [0.1, 0.15) is 6.07 Å². The third kappa shape index (κ3) is 2.72. The fraction of sp³-hybridized carbons (Fsp3) is 0.0667. The molecule has 0 aliphatic rings. The number of nitro groups is 1. The Morgan fingerprint density at radius 3 is 2.62 bits per heavy atom. The number of hydrogen-bond acceptors (Lipinski definition) is 5. The van der Waals surface area contributed by atoms with E-state index >= 15 is 0 Å². The molecule has 0 N–H and O–H groups in total. The van der Waals surface area contributed by atoms with Crippen molar-refractivity contribution in [1.82, 2.24) is 0 Å². The van der Waals surface area contributed by atoms with E-state index in [9.17, 15) is 14.9 Å². The first-order valence-corrected chi connectivity index (χ1v) is 6.05. The highest BCUT2D eigenvalue weighted by Crippen LogP contribution is 2.29. The number of rotatable bonds is 4. The van der Waals surface area contributed by atoms with Gasteiger partial charge in [-0.3, -0.25) is 14.9 Å². The van der Waals surface area contributed by atoms with Gasteiger partial charge in [-0.15, -0.1) is 0 Å². The van der Waals surface area contributed by atoms with E-state index < -0.39 is 4.92 Å². The van der Waals surface area contributed by atoms with Gasteiger partial charge in [-0.25, -0.2) is 0 Å². The normalized spacial score (nSPS) is 9.71. The maximum absolute atomic E-state index is 11.0. The summed E-state index contributed by atoms with van der Waals surface area (Å²) >= 11 is 0. The van der Waals surface area contributed by atoms with Crippen LogP contribution < -0.4 is 4.90 Å². The zero-order valence-electron chi connectivity index (χ0n) is 11.2. The molecule has 0 radical (unpaired) electrons. The number of carbonyl (C=O) groups excluding carboxylic acids is 1. The number of nitrogens with zero attached hydrogens (tertiary/aromatic N) is 3. The third-order valence-corrected chi connectivity index (χ3v) is 3.11. The summed E-state index contributed by atoms with van der Waals surface area (Å²) in [7, 11) is 1.73. The summed E-state index contributed by atoms with van der Waals surface area (Å²) in [6, 6.07) is 13.3. The van der Waals surface area contributed by atoms with E-state index in [-0.39, 0.29) is 11.3 Å². The number of hydrogen-bond donors (Lipinski definition) is 0. The van der Waals surface area contributed by atoms with Crippen LogP contribution in [-0.4, -0.2) is 18.3 Å². The first-order valence-electron chi connectivity index (χ1n) is 6.05. The van der Waals surface area contributed by atoms with Crippen LogP contribution in [0.4, 0.5) is 17.1 Å². The van der Waals surface area contributed by atoms with Crippen LogP contribution in [0.15, 0.2) is 42.5 Å². The molecular weight excluding hydrogens is 270 g/mol. The summed E-state index contributed by atoms with van der Waals surface area (Å²) < 4.78 is 0. The van der Waals surface area contributed by atoms with Crippen LogP contribution in [0.3, 0.4) is 0 Å². The highest BCUT2D eigenvalue weighted by Gasteiger charge is 2.16. The lowest BCUT2D eigenvalue weighted by molar-refractivity contribution is -0.385. The smallest absolute Gasteiger partial charge is 0.280 e. The van der Waals surface area contributed by atoms with Crippen molar-refractivity contribution in [3.8, 4) is 6.07 Å². The topological polar surface area (TPSA) is 87.2 Å².